The van der Waals surface area contributed by atoms with Crippen molar-refractivity contribution in [1.82, 2.24) is 19.9 Å². The highest BCUT2D eigenvalue weighted by atomic mass is 16.1. The predicted molar refractivity (Wildman–Crippen MR) is 131 cm³/mol. The molecule has 32 heavy (non-hydrogen) atoms. The second kappa shape index (κ2) is 9.05. The maximum atomic E-state index is 12.1. The third kappa shape index (κ3) is 4.63. The lowest BCUT2D eigenvalue weighted by atomic mass is 9.94. The second-order valence-corrected chi connectivity index (χ2v) is 9.01. The van der Waals surface area contributed by atoms with Crippen LogP contribution in [0.4, 0.5) is 0 Å². The number of likely N-dealkylation sites (N-methyl/N-ethyl adjacent to an activating group) is 1. The summed E-state index contributed by atoms with van der Waals surface area (Å²) in [6.07, 6.45) is 4.10. The quantitative estimate of drug-likeness (QED) is 0.430. The minimum Gasteiger partial charge on any atom is -0.354 e. The Morgan fingerprint density at radius 3 is 2.44 bits per heavy atom. The summed E-state index contributed by atoms with van der Waals surface area (Å²) in [4.78, 5) is 26.5. The van der Waals surface area contributed by atoms with E-state index in [9.17, 15) is 4.79 Å². The first kappa shape index (κ1) is 21.9. The number of aromatic nitrogens is 3. The molecular formula is C27H30N4O. The molecular weight excluding hydrogens is 396 g/mol. The predicted octanol–water partition coefficient (Wildman–Crippen LogP) is 5.40. The Hall–Kier alpha value is -3.31. The van der Waals surface area contributed by atoms with E-state index < -0.39 is 0 Å². The monoisotopic (exact) mass is 426 g/mol. The first-order valence-corrected chi connectivity index (χ1v) is 11.0. The summed E-state index contributed by atoms with van der Waals surface area (Å²) in [5.41, 5.74) is 8.74. The number of ketones is 1. The van der Waals surface area contributed by atoms with Gasteiger partial charge in [-0.05, 0) is 68.4 Å². The molecule has 0 bridgehead atoms. The van der Waals surface area contributed by atoms with Crippen LogP contribution in [0.15, 0.2) is 54.9 Å². The highest BCUT2D eigenvalue weighted by Crippen LogP contribution is 2.37. The van der Waals surface area contributed by atoms with Crippen molar-refractivity contribution in [3.05, 3.63) is 71.8 Å². The second-order valence-electron chi connectivity index (χ2n) is 9.01. The van der Waals surface area contributed by atoms with Crippen molar-refractivity contribution < 1.29 is 4.79 Å². The molecule has 164 valence electrons. The van der Waals surface area contributed by atoms with Crippen LogP contribution in [0.3, 0.4) is 0 Å². The van der Waals surface area contributed by atoms with Gasteiger partial charge in [-0.1, -0.05) is 26.0 Å². The summed E-state index contributed by atoms with van der Waals surface area (Å²) < 4.78 is 0. The number of nitrogens with zero attached hydrogens (tertiary/aromatic N) is 3. The van der Waals surface area contributed by atoms with Gasteiger partial charge < -0.3 is 9.88 Å². The molecule has 0 aliphatic rings. The molecule has 5 nitrogen and oxygen atoms in total. The fourth-order valence-corrected chi connectivity index (χ4v) is 4.23. The van der Waals surface area contributed by atoms with Gasteiger partial charge in [0.1, 0.15) is 0 Å². The van der Waals surface area contributed by atoms with E-state index in [-0.39, 0.29) is 5.78 Å². The van der Waals surface area contributed by atoms with Crippen molar-refractivity contribution in [2.75, 3.05) is 20.6 Å². The van der Waals surface area contributed by atoms with Crippen LogP contribution >= 0.6 is 0 Å². The number of carbonyl (C=O) groups excluding carboxylic acids is 1. The van der Waals surface area contributed by atoms with Crippen molar-refractivity contribution in [1.29, 1.82) is 0 Å². The zero-order valence-electron chi connectivity index (χ0n) is 19.4. The number of rotatable bonds is 7. The Morgan fingerprint density at radius 2 is 1.78 bits per heavy atom. The van der Waals surface area contributed by atoms with Crippen molar-refractivity contribution in [3.63, 3.8) is 0 Å². The number of Topliss-reactive ketones (excluding diaryl/α,β-unsaturated/α-hetero) is 1. The largest absolute Gasteiger partial charge is 0.354 e. The average Bonchev–Trinajstić information content (AvgIpc) is 3.13. The van der Waals surface area contributed by atoms with Gasteiger partial charge in [-0.2, -0.15) is 0 Å². The van der Waals surface area contributed by atoms with Gasteiger partial charge in [0.25, 0.3) is 0 Å². The molecule has 5 heteroatoms. The number of H-pyrrole nitrogens is 1. The van der Waals surface area contributed by atoms with Crippen molar-refractivity contribution in [3.8, 4) is 22.4 Å². The Labute approximate surface area is 189 Å². The van der Waals surface area contributed by atoms with E-state index in [1.54, 1.807) is 0 Å². The van der Waals surface area contributed by atoms with Crippen LogP contribution in [0.5, 0.6) is 0 Å². The molecule has 0 saturated carbocycles. The van der Waals surface area contributed by atoms with Gasteiger partial charge in [0.2, 0.25) is 0 Å². The van der Waals surface area contributed by atoms with E-state index in [0.717, 1.165) is 39.3 Å². The number of aryl methyl sites for hydroxylation is 1. The molecule has 3 aromatic heterocycles. The van der Waals surface area contributed by atoms with E-state index in [1.807, 2.05) is 44.4 Å². The lowest BCUT2D eigenvalue weighted by Crippen LogP contribution is -2.23. The summed E-state index contributed by atoms with van der Waals surface area (Å²) >= 11 is 0. The number of hydrogen-bond donors (Lipinski definition) is 1. The molecule has 4 aromatic rings. The topological polar surface area (TPSA) is 61.9 Å². The first-order chi connectivity index (χ1) is 15.3. The van der Waals surface area contributed by atoms with E-state index in [1.165, 1.54) is 10.9 Å². The van der Waals surface area contributed by atoms with E-state index in [0.29, 0.717) is 18.9 Å². The number of hydrogen-bond acceptors (Lipinski definition) is 4. The fraction of sp³-hybridized carbons (Fsp3) is 0.296. The molecule has 0 saturated heterocycles. The molecule has 0 aliphatic carbocycles. The number of carbonyl (C=O) groups is 1. The van der Waals surface area contributed by atoms with Crippen LogP contribution in [-0.2, 0) is 11.2 Å². The standard InChI is InChI=1S/C27H30N4O/c1-17(2)26-24-13-19(21-6-8-22(29-15-21)14-23(32)16-31(4)5)7-9-25(24)30-27(26)20-10-11-28-18(3)12-20/h6-13,15,17,30H,14,16H2,1-5H3. The number of nitrogens with one attached hydrogen (secondary N) is 1. The van der Waals surface area contributed by atoms with Gasteiger partial charge in [-0.15, -0.1) is 0 Å². The van der Waals surface area contributed by atoms with Gasteiger partial charge in [-0.3, -0.25) is 14.8 Å². The summed E-state index contributed by atoms with van der Waals surface area (Å²) in [7, 11) is 3.80. The van der Waals surface area contributed by atoms with Crippen LogP contribution < -0.4 is 0 Å². The Bertz CT molecular complexity index is 1250. The van der Waals surface area contributed by atoms with E-state index in [2.05, 4.69) is 65.2 Å². The smallest absolute Gasteiger partial charge is 0.152 e. The molecule has 0 atom stereocenters. The van der Waals surface area contributed by atoms with Crippen molar-refractivity contribution in [2.24, 2.45) is 0 Å². The molecule has 3 heterocycles. The molecule has 0 fully saturated rings. The molecule has 4 rings (SSSR count). The van der Waals surface area contributed by atoms with Crippen molar-refractivity contribution in [2.45, 2.75) is 33.1 Å². The molecule has 0 spiro atoms. The molecule has 1 aromatic carbocycles. The van der Waals surface area contributed by atoms with Gasteiger partial charge in [-0.25, -0.2) is 0 Å². The molecule has 1 N–H and O–H groups in total. The average molecular weight is 427 g/mol. The normalized spacial score (nSPS) is 11.6. The summed E-state index contributed by atoms with van der Waals surface area (Å²) in [6, 6.07) is 14.7. The van der Waals surface area contributed by atoms with E-state index in [4.69, 9.17) is 0 Å². The van der Waals surface area contributed by atoms with Crippen LogP contribution in [0.25, 0.3) is 33.3 Å². The maximum Gasteiger partial charge on any atom is 0.152 e. The summed E-state index contributed by atoms with van der Waals surface area (Å²) in [5, 5.41) is 1.23. The Kier molecular flexibility index (Phi) is 6.19. The van der Waals surface area contributed by atoms with Gasteiger partial charge in [0.05, 0.1) is 18.7 Å². The summed E-state index contributed by atoms with van der Waals surface area (Å²) in [6.45, 7) is 6.91. The van der Waals surface area contributed by atoms with Gasteiger partial charge >= 0.3 is 0 Å². The lowest BCUT2D eigenvalue weighted by Gasteiger charge is -2.10. The highest BCUT2D eigenvalue weighted by Gasteiger charge is 2.17. The Balaban J connectivity index is 1.69. The number of fused-ring (bicyclic) bond motifs is 1. The minimum absolute atomic E-state index is 0.171. The zero-order chi connectivity index (χ0) is 22.8. The van der Waals surface area contributed by atoms with E-state index >= 15 is 0 Å². The Morgan fingerprint density at radius 1 is 1.00 bits per heavy atom. The minimum atomic E-state index is 0.171. The summed E-state index contributed by atoms with van der Waals surface area (Å²) in [5.74, 6) is 0.537. The number of aromatic amines is 1. The maximum absolute atomic E-state index is 12.1. The van der Waals surface area contributed by atoms with Gasteiger partial charge in [0.15, 0.2) is 5.78 Å². The van der Waals surface area contributed by atoms with Crippen LogP contribution in [-0.4, -0.2) is 46.3 Å². The van der Waals surface area contributed by atoms with Crippen LogP contribution in [0.2, 0.25) is 0 Å². The fourth-order valence-electron chi connectivity index (χ4n) is 4.23. The molecule has 0 aliphatic heterocycles. The third-order valence-corrected chi connectivity index (χ3v) is 5.63. The highest BCUT2D eigenvalue weighted by molar-refractivity contribution is 5.94. The zero-order valence-corrected chi connectivity index (χ0v) is 19.4. The molecule has 0 unspecified atom stereocenters. The van der Waals surface area contributed by atoms with Crippen LogP contribution in [0.1, 0.15) is 36.7 Å². The lowest BCUT2D eigenvalue weighted by molar-refractivity contribution is -0.119. The van der Waals surface area contributed by atoms with Crippen molar-refractivity contribution >= 4 is 16.7 Å². The first-order valence-electron chi connectivity index (χ1n) is 11.0. The molecule has 0 amide bonds. The number of benzene rings is 1. The number of pyridine rings is 2. The van der Waals surface area contributed by atoms with Crippen LogP contribution in [0, 0.1) is 6.92 Å². The SMILES string of the molecule is Cc1cc(-c2[nH]c3ccc(-c4ccc(CC(=O)CN(C)C)nc4)cc3c2C(C)C)ccn1. The third-order valence-electron chi connectivity index (χ3n) is 5.63. The van der Waals surface area contributed by atoms with Gasteiger partial charge in [0, 0.05) is 45.8 Å². The molecule has 0 radical (unpaired) electrons.